The molecule has 2 aromatic rings. The van der Waals surface area contributed by atoms with Crippen molar-refractivity contribution >= 4 is 41.1 Å². The summed E-state index contributed by atoms with van der Waals surface area (Å²) in [6, 6.07) is 15.2. The molecule has 0 radical (unpaired) electrons. The van der Waals surface area contributed by atoms with Gasteiger partial charge >= 0.3 is 0 Å². The average molecular weight is 600 g/mol. The summed E-state index contributed by atoms with van der Waals surface area (Å²) in [6.07, 6.45) is 5.14. The summed E-state index contributed by atoms with van der Waals surface area (Å²) in [5.74, 6) is 0.106. The molecule has 1 saturated carbocycles. The van der Waals surface area contributed by atoms with E-state index in [1.54, 1.807) is 25.2 Å². The number of carbonyl (C=O) groups excluding carboxylic acids is 3. The first-order valence-electron chi connectivity index (χ1n) is 14.4. The zero-order chi connectivity index (χ0) is 31.0. The highest BCUT2D eigenvalue weighted by Gasteiger charge is 2.38. The maximum absolute atomic E-state index is 13.0. The second kappa shape index (κ2) is 18.1. The molecule has 2 amide bonds. The number of hydrogen-bond donors (Lipinski definition) is 4. The van der Waals surface area contributed by atoms with E-state index in [4.69, 9.17) is 16.3 Å². The van der Waals surface area contributed by atoms with E-state index in [-0.39, 0.29) is 30.4 Å². The maximum atomic E-state index is 13.0. The van der Waals surface area contributed by atoms with Crippen molar-refractivity contribution < 1.29 is 19.1 Å². The van der Waals surface area contributed by atoms with Gasteiger partial charge in [-0.15, -0.1) is 0 Å². The van der Waals surface area contributed by atoms with Gasteiger partial charge in [-0.25, -0.2) is 0 Å². The van der Waals surface area contributed by atoms with Crippen LogP contribution in [0.25, 0.3) is 0 Å². The molecule has 9 nitrogen and oxygen atoms in total. The lowest BCUT2D eigenvalue weighted by Gasteiger charge is -2.28. The van der Waals surface area contributed by atoms with Gasteiger partial charge in [0.1, 0.15) is 11.4 Å². The molecule has 2 aromatic carbocycles. The Bertz CT molecular complexity index is 1180. The zero-order valence-corrected chi connectivity index (χ0v) is 26.3. The summed E-state index contributed by atoms with van der Waals surface area (Å²) in [6.45, 7) is 3.07. The Kier molecular flexibility index (Phi) is 14.9. The predicted molar refractivity (Wildman–Crippen MR) is 171 cm³/mol. The number of nitrogens with one attached hydrogen (secondary N) is 4. The monoisotopic (exact) mass is 599 g/mol. The molecule has 10 heteroatoms. The quantitative estimate of drug-likeness (QED) is 0.169. The van der Waals surface area contributed by atoms with Gasteiger partial charge in [0.05, 0.1) is 12.3 Å². The molecule has 42 heavy (non-hydrogen) atoms. The summed E-state index contributed by atoms with van der Waals surface area (Å²) in [5.41, 5.74) is 2.15. The third-order valence-corrected chi connectivity index (χ3v) is 7.38. The van der Waals surface area contributed by atoms with Crippen LogP contribution in [0.3, 0.4) is 0 Å². The fourth-order valence-electron chi connectivity index (χ4n) is 5.00. The summed E-state index contributed by atoms with van der Waals surface area (Å²) in [5, 5.41) is 12.2. The highest BCUT2D eigenvalue weighted by Crippen LogP contribution is 2.44. The number of anilines is 2. The van der Waals surface area contributed by atoms with Crippen LogP contribution in [0.4, 0.5) is 11.4 Å². The first kappa shape index (κ1) is 34.6. The van der Waals surface area contributed by atoms with Crippen molar-refractivity contribution in [2.24, 2.45) is 5.41 Å². The third-order valence-electron chi connectivity index (χ3n) is 7.14. The molecule has 3 rings (SSSR count). The molecule has 0 heterocycles. The summed E-state index contributed by atoms with van der Waals surface area (Å²) in [4.78, 5) is 39.6. The number of ether oxygens (including phenoxy) is 1. The fourth-order valence-corrected chi connectivity index (χ4v) is 5.17. The van der Waals surface area contributed by atoms with E-state index < -0.39 is 5.41 Å². The number of rotatable bonds is 14. The number of halogens is 1. The number of para-hydroxylation sites is 1. The lowest BCUT2D eigenvalue weighted by Crippen LogP contribution is -2.34. The summed E-state index contributed by atoms with van der Waals surface area (Å²) < 4.78 is 5.59. The molecule has 0 spiro atoms. The van der Waals surface area contributed by atoms with Crippen molar-refractivity contribution in [3.05, 3.63) is 64.9 Å². The van der Waals surface area contributed by atoms with E-state index in [2.05, 4.69) is 21.3 Å². The largest absolute Gasteiger partial charge is 0.492 e. The smallest absolute Gasteiger partial charge is 0.225 e. The Labute approximate surface area is 255 Å². The van der Waals surface area contributed by atoms with Crippen molar-refractivity contribution in [3.8, 4) is 5.75 Å². The number of carbonyl (C=O) groups is 3. The lowest BCUT2D eigenvalue weighted by molar-refractivity contribution is -0.125. The van der Waals surface area contributed by atoms with Crippen molar-refractivity contribution in [3.63, 3.8) is 0 Å². The van der Waals surface area contributed by atoms with Crippen molar-refractivity contribution in [1.29, 1.82) is 0 Å². The van der Waals surface area contributed by atoms with Gasteiger partial charge < -0.3 is 30.9 Å². The molecule has 230 valence electrons. The first-order chi connectivity index (χ1) is 20.1. The molecule has 0 bridgehead atoms. The van der Waals surface area contributed by atoms with Gasteiger partial charge in [0.2, 0.25) is 11.8 Å². The standard InChI is InChI=1S/C25H37ClN4O4.C7H9N/c1-5-34-22-9-8-18(26)14-20(22)28-23(32)15-25(11-6-7-12-25)16-24(33)29-21(17-31)19(27-2)10-13-30(3)4;1-8-7-5-3-2-4-6-7/h8-9,14,17,27H,5-7,10-13,15-16H2,1-4H3,(H,28,32)(H,29,33);2-6,8H,1H3/b21-19+;. The molecule has 1 fully saturated rings. The molecule has 0 atom stereocenters. The fraction of sp³-hybridized carbons (Fsp3) is 0.469. The molecule has 1 aliphatic rings. The van der Waals surface area contributed by atoms with Gasteiger partial charge in [-0.3, -0.25) is 14.4 Å². The first-order valence-corrected chi connectivity index (χ1v) is 14.8. The summed E-state index contributed by atoms with van der Waals surface area (Å²) >= 11 is 6.11. The molecule has 0 aromatic heterocycles. The zero-order valence-electron chi connectivity index (χ0n) is 25.5. The predicted octanol–water partition coefficient (Wildman–Crippen LogP) is 5.44. The third kappa shape index (κ3) is 11.7. The molecular weight excluding hydrogens is 554 g/mol. The number of hydrogen-bond acceptors (Lipinski definition) is 7. The number of amides is 2. The van der Waals surface area contributed by atoms with Gasteiger partial charge in [-0.2, -0.15) is 0 Å². The van der Waals surface area contributed by atoms with E-state index in [0.717, 1.165) is 37.9 Å². The number of benzene rings is 2. The second-order valence-corrected chi connectivity index (χ2v) is 11.1. The Hall–Kier alpha value is -3.56. The van der Waals surface area contributed by atoms with Crippen molar-refractivity contribution in [1.82, 2.24) is 15.5 Å². The molecule has 1 aliphatic carbocycles. The Morgan fingerprint density at radius 3 is 2.24 bits per heavy atom. The van der Waals surface area contributed by atoms with Crippen LogP contribution < -0.4 is 26.0 Å². The van der Waals surface area contributed by atoms with Crippen molar-refractivity contribution in [2.75, 3.05) is 52.0 Å². The summed E-state index contributed by atoms with van der Waals surface area (Å²) in [7, 11) is 7.54. The van der Waals surface area contributed by atoms with Crippen molar-refractivity contribution in [2.45, 2.75) is 51.9 Å². The van der Waals surface area contributed by atoms with Crippen LogP contribution in [0.5, 0.6) is 5.75 Å². The highest BCUT2D eigenvalue weighted by molar-refractivity contribution is 6.31. The van der Waals surface area contributed by atoms with Gasteiger partial charge in [0.15, 0.2) is 6.29 Å². The van der Waals surface area contributed by atoms with Crippen LogP contribution in [0, 0.1) is 5.41 Å². The normalized spacial score (nSPS) is 14.2. The second-order valence-electron chi connectivity index (χ2n) is 10.7. The maximum Gasteiger partial charge on any atom is 0.225 e. The molecule has 0 aliphatic heterocycles. The van der Waals surface area contributed by atoms with Gasteiger partial charge in [-0.1, -0.05) is 42.6 Å². The van der Waals surface area contributed by atoms with Crippen LogP contribution >= 0.6 is 11.6 Å². The Morgan fingerprint density at radius 2 is 1.69 bits per heavy atom. The van der Waals surface area contributed by atoms with E-state index in [1.807, 2.05) is 63.3 Å². The Morgan fingerprint density at radius 1 is 1.02 bits per heavy atom. The van der Waals surface area contributed by atoms with E-state index in [9.17, 15) is 14.4 Å². The van der Waals surface area contributed by atoms with Gasteiger partial charge in [-0.05, 0) is 69.6 Å². The number of nitrogens with zero attached hydrogens (tertiary/aromatic N) is 1. The minimum absolute atomic E-state index is 0.177. The van der Waals surface area contributed by atoms with Crippen LogP contribution in [-0.4, -0.2) is 64.3 Å². The van der Waals surface area contributed by atoms with Crippen LogP contribution in [0.1, 0.15) is 51.9 Å². The topological polar surface area (TPSA) is 112 Å². The number of aldehydes is 1. The van der Waals surface area contributed by atoms with Gasteiger partial charge in [0.25, 0.3) is 0 Å². The van der Waals surface area contributed by atoms with E-state index >= 15 is 0 Å². The molecule has 0 unspecified atom stereocenters. The minimum Gasteiger partial charge on any atom is -0.492 e. The van der Waals surface area contributed by atoms with Crippen LogP contribution in [0.15, 0.2) is 59.9 Å². The molecule has 4 N–H and O–H groups in total. The van der Waals surface area contributed by atoms with Crippen LogP contribution in [0.2, 0.25) is 5.02 Å². The average Bonchev–Trinajstić information content (AvgIpc) is 3.42. The highest BCUT2D eigenvalue weighted by atomic mass is 35.5. The SMILES string of the molecule is CCOc1ccc(Cl)cc1NC(=O)CC1(CC(=O)N/C(C=O)=C(\CCN(C)C)NC)CCCC1.CNc1ccccc1. The lowest BCUT2D eigenvalue weighted by atomic mass is 9.79. The minimum atomic E-state index is -0.448. The van der Waals surface area contributed by atoms with Crippen LogP contribution in [-0.2, 0) is 14.4 Å². The molecular formula is C32H46ClN5O4. The van der Waals surface area contributed by atoms with E-state index in [1.165, 1.54) is 0 Å². The number of allylic oxidation sites excluding steroid dienone is 1. The van der Waals surface area contributed by atoms with Gasteiger partial charge in [0, 0.05) is 56.3 Å². The van der Waals surface area contributed by atoms with E-state index in [0.29, 0.717) is 41.5 Å². The molecule has 0 saturated heterocycles. The Balaban J connectivity index is 0.000000661.